The molecule has 1 aromatic carbocycles. The van der Waals surface area contributed by atoms with E-state index in [-0.39, 0.29) is 5.91 Å². The average Bonchev–Trinajstić information content (AvgIpc) is 2.96. The van der Waals surface area contributed by atoms with Gasteiger partial charge in [0.05, 0.1) is 7.11 Å². The maximum absolute atomic E-state index is 12.2. The van der Waals surface area contributed by atoms with Crippen molar-refractivity contribution in [2.75, 3.05) is 19.4 Å². The number of rotatable bonds is 6. The number of nitrogens with two attached hydrogens (primary N) is 1. The number of hydrogen-bond acceptors (Lipinski definition) is 3. The van der Waals surface area contributed by atoms with E-state index in [0.717, 1.165) is 12.3 Å². The molecule has 1 fully saturated rings. The highest BCUT2D eigenvalue weighted by Crippen LogP contribution is 2.28. The van der Waals surface area contributed by atoms with Crippen LogP contribution in [0.15, 0.2) is 18.2 Å². The van der Waals surface area contributed by atoms with Crippen molar-refractivity contribution in [3.8, 4) is 5.75 Å². The summed E-state index contributed by atoms with van der Waals surface area (Å²) in [6, 6.07) is 5.25. The molecule has 0 saturated heterocycles. The SMILES string of the molecule is COc1cccc(N)c1C(=O)NCCCC1CCCC1. The largest absolute Gasteiger partial charge is 0.496 e. The molecule has 1 aliphatic carbocycles. The van der Waals surface area contributed by atoms with E-state index in [1.165, 1.54) is 32.1 Å². The summed E-state index contributed by atoms with van der Waals surface area (Å²) in [6.07, 6.45) is 7.69. The van der Waals surface area contributed by atoms with Crippen LogP contribution in [-0.2, 0) is 0 Å². The molecule has 1 saturated carbocycles. The fraction of sp³-hybridized carbons (Fsp3) is 0.562. The van der Waals surface area contributed by atoms with Gasteiger partial charge in [-0.3, -0.25) is 4.79 Å². The Hall–Kier alpha value is -1.71. The molecule has 0 heterocycles. The zero-order valence-corrected chi connectivity index (χ0v) is 12.2. The van der Waals surface area contributed by atoms with Crippen LogP contribution in [0.1, 0.15) is 48.9 Å². The predicted molar refractivity (Wildman–Crippen MR) is 80.9 cm³/mol. The van der Waals surface area contributed by atoms with Gasteiger partial charge in [0.2, 0.25) is 0 Å². The Morgan fingerprint density at radius 1 is 1.40 bits per heavy atom. The molecule has 3 N–H and O–H groups in total. The number of amides is 1. The molecule has 0 bridgehead atoms. The molecule has 110 valence electrons. The monoisotopic (exact) mass is 276 g/mol. The first-order chi connectivity index (χ1) is 9.72. The molecular formula is C16H24N2O2. The molecule has 20 heavy (non-hydrogen) atoms. The van der Waals surface area contributed by atoms with Crippen molar-refractivity contribution in [2.24, 2.45) is 5.92 Å². The summed E-state index contributed by atoms with van der Waals surface area (Å²) >= 11 is 0. The van der Waals surface area contributed by atoms with Crippen LogP contribution in [0.2, 0.25) is 0 Å². The Kier molecular flexibility index (Phi) is 5.27. The Morgan fingerprint density at radius 3 is 2.85 bits per heavy atom. The molecule has 0 radical (unpaired) electrons. The maximum atomic E-state index is 12.2. The number of benzene rings is 1. The molecule has 0 unspecified atom stereocenters. The van der Waals surface area contributed by atoms with Crippen LogP contribution in [0.4, 0.5) is 5.69 Å². The van der Waals surface area contributed by atoms with Crippen molar-refractivity contribution in [3.05, 3.63) is 23.8 Å². The summed E-state index contributed by atoms with van der Waals surface area (Å²) < 4.78 is 5.19. The summed E-state index contributed by atoms with van der Waals surface area (Å²) in [6.45, 7) is 0.701. The van der Waals surface area contributed by atoms with E-state index in [0.29, 0.717) is 23.5 Å². The van der Waals surface area contributed by atoms with Crippen molar-refractivity contribution in [3.63, 3.8) is 0 Å². The van der Waals surface area contributed by atoms with Gasteiger partial charge in [-0.25, -0.2) is 0 Å². The van der Waals surface area contributed by atoms with Gasteiger partial charge in [0.1, 0.15) is 11.3 Å². The van der Waals surface area contributed by atoms with E-state index in [1.54, 1.807) is 25.3 Å². The standard InChI is InChI=1S/C16H24N2O2/c1-20-14-10-4-9-13(17)15(14)16(19)18-11-5-8-12-6-2-3-7-12/h4,9-10,12H,2-3,5-8,11,17H2,1H3,(H,18,19). The van der Waals surface area contributed by atoms with Gasteiger partial charge in [0.25, 0.3) is 5.91 Å². The van der Waals surface area contributed by atoms with Crippen molar-refractivity contribution >= 4 is 11.6 Å². The minimum atomic E-state index is -0.147. The van der Waals surface area contributed by atoms with E-state index in [4.69, 9.17) is 10.5 Å². The molecule has 1 aliphatic rings. The zero-order chi connectivity index (χ0) is 14.4. The van der Waals surface area contributed by atoms with Crippen LogP contribution in [0.25, 0.3) is 0 Å². The third-order valence-corrected chi connectivity index (χ3v) is 4.05. The van der Waals surface area contributed by atoms with E-state index in [1.807, 2.05) is 0 Å². The van der Waals surface area contributed by atoms with Gasteiger partial charge in [0.15, 0.2) is 0 Å². The predicted octanol–water partition coefficient (Wildman–Crippen LogP) is 2.98. The highest BCUT2D eigenvalue weighted by Gasteiger charge is 2.16. The number of carbonyl (C=O) groups is 1. The molecular weight excluding hydrogens is 252 g/mol. The molecule has 2 rings (SSSR count). The minimum Gasteiger partial charge on any atom is -0.496 e. The fourth-order valence-electron chi connectivity index (χ4n) is 2.94. The molecule has 0 aliphatic heterocycles. The molecule has 4 heteroatoms. The molecule has 1 aromatic rings. The third kappa shape index (κ3) is 3.65. The summed E-state index contributed by atoms with van der Waals surface area (Å²) in [5, 5.41) is 2.94. The molecule has 1 amide bonds. The maximum Gasteiger partial charge on any atom is 0.257 e. The summed E-state index contributed by atoms with van der Waals surface area (Å²) in [7, 11) is 1.55. The second kappa shape index (κ2) is 7.17. The van der Waals surface area contributed by atoms with E-state index < -0.39 is 0 Å². The Balaban J connectivity index is 1.82. The van der Waals surface area contributed by atoms with Crippen LogP contribution >= 0.6 is 0 Å². The number of nitrogens with one attached hydrogen (secondary N) is 1. The van der Waals surface area contributed by atoms with E-state index in [2.05, 4.69) is 5.32 Å². The first-order valence-corrected chi connectivity index (χ1v) is 7.43. The number of hydrogen-bond donors (Lipinski definition) is 2. The van der Waals surface area contributed by atoms with Crippen molar-refractivity contribution in [2.45, 2.75) is 38.5 Å². The number of methoxy groups -OCH3 is 1. The summed E-state index contributed by atoms with van der Waals surface area (Å²) in [4.78, 5) is 12.2. The van der Waals surface area contributed by atoms with Crippen molar-refractivity contribution < 1.29 is 9.53 Å². The van der Waals surface area contributed by atoms with Crippen LogP contribution in [0.3, 0.4) is 0 Å². The van der Waals surface area contributed by atoms with Crippen molar-refractivity contribution in [1.82, 2.24) is 5.32 Å². The lowest BCUT2D eigenvalue weighted by Gasteiger charge is -2.12. The van der Waals surface area contributed by atoms with Crippen LogP contribution < -0.4 is 15.8 Å². The normalized spacial score (nSPS) is 15.2. The van der Waals surface area contributed by atoms with Gasteiger partial charge in [-0.1, -0.05) is 31.7 Å². The van der Waals surface area contributed by atoms with Gasteiger partial charge in [-0.05, 0) is 30.9 Å². The Morgan fingerprint density at radius 2 is 2.15 bits per heavy atom. The van der Waals surface area contributed by atoms with Gasteiger partial charge in [0, 0.05) is 12.2 Å². The quantitative estimate of drug-likeness (QED) is 0.620. The molecule has 0 spiro atoms. The smallest absolute Gasteiger partial charge is 0.257 e. The average molecular weight is 276 g/mol. The molecule has 4 nitrogen and oxygen atoms in total. The lowest BCUT2D eigenvalue weighted by Crippen LogP contribution is -2.26. The van der Waals surface area contributed by atoms with Gasteiger partial charge in [-0.2, -0.15) is 0 Å². The fourth-order valence-corrected chi connectivity index (χ4v) is 2.94. The lowest BCUT2D eigenvalue weighted by molar-refractivity contribution is 0.0950. The number of ether oxygens (including phenoxy) is 1. The van der Waals surface area contributed by atoms with Crippen LogP contribution in [0.5, 0.6) is 5.75 Å². The first kappa shape index (κ1) is 14.7. The highest BCUT2D eigenvalue weighted by molar-refractivity contribution is 6.01. The van der Waals surface area contributed by atoms with E-state index >= 15 is 0 Å². The third-order valence-electron chi connectivity index (χ3n) is 4.05. The second-order valence-corrected chi connectivity index (χ2v) is 5.47. The second-order valence-electron chi connectivity index (χ2n) is 5.47. The van der Waals surface area contributed by atoms with E-state index in [9.17, 15) is 4.79 Å². The van der Waals surface area contributed by atoms with Gasteiger partial charge >= 0.3 is 0 Å². The number of anilines is 1. The van der Waals surface area contributed by atoms with Gasteiger partial charge in [-0.15, -0.1) is 0 Å². The Bertz CT molecular complexity index is 454. The summed E-state index contributed by atoms with van der Waals surface area (Å²) in [5.74, 6) is 1.24. The van der Waals surface area contributed by atoms with Crippen LogP contribution in [0, 0.1) is 5.92 Å². The zero-order valence-electron chi connectivity index (χ0n) is 12.2. The summed E-state index contributed by atoms with van der Waals surface area (Å²) in [5.41, 5.74) is 6.76. The highest BCUT2D eigenvalue weighted by atomic mass is 16.5. The lowest BCUT2D eigenvalue weighted by atomic mass is 10.0. The Labute approximate surface area is 120 Å². The molecule has 0 aromatic heterocycles. The number of carbonyl (C=O) groups excluding carboxylic acids is 1. The number of nitrogen functional groups attached to an aromatic ring is 1. The molecule has 0 atom stereocenters. The van der Waals surface area contributed by atoms with Crippen LogP contribution in [-0.4, -0.2) is 19.6 Å². The topological polar surface area (TPSA) is 64.3 Å². The van der Waals surface area contributed by atoms with Gasteiger partial charge < -0.3 is 15.8 Å². The van der Waals surface area contributed by atoms with Crippen molar-refractivity contribution in [1.29, 1.82) is 0 Å². The first-order valence-electron chi connectivity index (χ1n) is 7.43. The minimum absolute atomic E-state index is 0.147.